The molecule has 0 saturated carbocycles. The highest BCUT2D eigenvalue weighted by atomic mass is 32.1. The Morgan fingerprint density at radius 1 is 1.22 bits per heavy atom. The highest BCUT2D eigenvalue weighted by Gasteiger charge is 2.31. The van der Waals surface area contributed by atoms with Crippen molar-refractivity contribution in [3.63, 3.8) is 0 Å². The van der Waals surface area contributed by atoms with E-state index in [4.69, 9.17) is 5.73 Å². The van der Waals surface area contributed by atoms with Crippen LogP contribution >= 0.6 is 11.3 Å². The zero-order valence-corrected chi connectivity index (χ0v) is 10.6. The Balaban J connectivity index is 2.48. The lowest BCUT2D eigenvalue weighted by Crippen LogP contribution is -2.05. The molecule has 2 aromatic rings. The molecular weight excluding hydrogens is 261 g/mol. The number of rotatable bonds is 1. The third kappa shape index (κ3) is 2.33. The lowest BCUT2D eigenvalue weighted by molar-refractivity contribution is -0.137. The molecule has 1 aromatic carbocycles. The van der Waals surface area contributed by atoms with Crippen LogP contribution in [0.3, 0.4) is 0 Å². The summed E-state index contributed by atoms with van der Waals surface area (Å²) in [5.74, 6) is 0. The predicted octanol–water partition coefficient (Wildman–Crippen LogP) is 4.03. The van der Waals surface area contributed by atoms with Gasteiger partial charge in [-0.1, -0.05) is 0 Å². The van der Waals surface area contributed by atoms with Gasteiger partial charge in [0.2, 0.25) is 0 Å². The first-order valence-electron chi connectivity index (χ1n) is 5.20. The summed E-state index contributed by atoms with van der Waals surface area (Å²) in [4.78, 5) is 5.32. The van der Waals surface area contributed by atoms with Crippen LogP contribution in [-0.4, -0.2) is 4.98 Å². The lowest BCUT2D eigenvalue weighted by Gasteiger charge is -2.09. The number of thiazole rings is 1. The summed E-state index contributed by atoms with van der Waals surface area (Å²) in [7, 11) is 0. The van der Waals surface area contributed by atoms with Crippen molar-refractivity contribution in [2.45, 2.75) is 20.0 Å². The topological polar surface area (TPSA) is 38.9 Å². The zero-order valence-electron chi connectivity index (χ0n) is 9.80. The maximum absolute atomic E-state index is 12.5. The van der Waals surface area contributed by atoms with Crippen LogP contribution in [0, 0.1) is 13.8 Å². The molecule has 0 amide bonds. The van der Waals surface area contributed by atoms with Crippen LogP contribution in [0.5, 0.6) is 0 Å². The van der Waals surface area contributed by atoms with Crippen molar-refractivity contribution in [3.8, 4) is 10.6 Å². The first kappa shape index (κ1) is 12.9. The molecule has 0 aliphatic heterocycles. The molecule has 0 fully saturated rings. The van der Waals surface area contributed by atoms with Crippen LogP contribution in [-0.2, 0) is 6.18 Å². The van der Waals surface area contributed by atoms with Crippen LogP contribution < -0.4 is 5.73 Å². The average molecular weight is 272 g/mol. The Kier molecular flexibility index (Phi) is 3.06. The normalized spacial score (nSPS) is 11.8. The molecule has 2 nitrogen and oxygen atoms in total. The summed E-state index contributed by atoms with van der Waals surface area (Å²) >= 11 is 1.42. The monoisotopic (exact) mass is 272 g/mol. The van der Waals surface area contributed by atoms with Crippen LogP contribution in [0.4, 0.5) is 18.9 Å². The van der Waals surface area contributed by atoms with Crippen molar-refractivity contribution in [1.82, 2.24) is 4.98 Å². The van der Waals surface area contributed by atoms with Gasteiger partial charge in [0.1, 0.15) is 5.01 Å². The number of aromatic nitrogens is 1. The molecule has 0 bridgehead atoms. The predicted molar refractivity (Wildman–Crippen MR) is 66.4 cm³/mol. The summed E-state index contributed by atoms with van der Waals surface area (Å²) in [5, 5.41) is 0.649. The molecule has 18 heavy (non-hydrogen) atoms. The van der Waals surface area contributed by atoms with Gasteiger partial charge >= 0.3 is 6.18 Å². The van der Waals surface area contributed by atoms with Gasteiger partial charge < -0.3 is 5.73 Å². The molecule has 0 spiro atoms. The maximum Gasteiger partial charge on any atom is 0.416 e. The number of hydrogen-bond donors (Lipinski definition) is 1. The second kappa shape index (κ2) is 4.28. The standard InChI is InChI=1S/C12H11F3N2S/c1-6-7(2)18-11(17-6)9-4-3-8(5-10(9)16)12(13,14)15/h3-5H,16H2,1-2H3. The highest BCUT2D eigenvalue weighted by Crippen LogP contribution is 2.36. The molecule has 0 saturated heterocycles. The second-order valence-electron chi connectivity index (χ2n) is 3.96. The maximum atomic E-state index is 12.5. The van der Waals surface area contributed by atoms with Gasteiger partial charge in [0.15, 0.2) is 0 Å². The van der Waals surface area contributed by atoms with Gasteiger partial charge in [0.25, 0.3) is 0 Å². The van der Waals surface area contributed by atoms with Crippen LogP contribution in [0.15, 0.2) is 18.2 Å². The average Bonchev–Trinajstić information content (AvgIpc) is 2.57. The Hall–Kier alpha value is -1.56. The third-order valence-electron chi connectivity index (χ3n) is 2.64. The van der Waals surface area contributed by atoms with Crippen molar-refractivity contribution in [2.24, 2.45) is 0 Å². The van der Waals surface area contributed by atoms with Crippen molar-refractivity contribution in [3.05, 3.63) is 34.3 Å². The summed E-state index contributed by atoms with van der Waals surface area (Å²) in [6.45, 7) is 3.77. The minimum absolute atomic E-state index is 0.0959. The van der Waals surface area contributed by atoms with Crippen molar-refractivity contribution in [2.75, 3.05) is 5.73 Å². The molecule has 0 aliphatic carbocycles. The number of halogens is 3. The van der Waals surface area contributed by atoms with E-state index in [1.807, 2.05) is 13.8 Å². The zero-order chi connectivity index (χ0) is 13.5. The number of nitrogens with two attached hydrogens (primary N) is 1. The second-order valence-corrected chi connectivity index (χ2v) is 5.16. The highest BCUT2D eigenvalue weighted by molar-refractivity contribution is 7.15. The molecule has 6 heteroatoms. The largest absolute Gasteiger partial charge is 0.416 e. The summed E-state index contributed by atoms with van der Waals surface area (Å²) in [6, 6.07) is 3.34. The van der Waals surface area contributed by atoms with Gasteiger partial charge in [-0.3, -0.25) is 0 Å². The number of alkyl halides is 3. The fraction of sp³-hybridized carbons (Fsp3) is 0.250. The van der Waals surface area contributed by atoms with Gasteiger partial charge in [-0.25, -0.2) is 4.98 Å². The molecule has 0 unspecified atom stereocenters. The van der Waals surface area contributed by atoms with Gasteiger partial charge in [-0.15, -0.1) is 11.3 Å². The Bertz CT molecular complexity index is 568. The van der Waals surface area contributed by atoms with E-state index in [-0.39, 0.29) is 5.69 Å². The van der Waals surface area contributed by atoms with E-state index in [0.29, 0.717) is 10.6 Å². The number of hydrogen-bond acceptors (Lipinski definition) is 3. The van der Waals surface area contributed by atoms with Crippen molar-refractivity contribution in [1.29, 1.82) is 0 Å². The van der Waals surface area contributed by atoms with Crippen LogP contribution in [0.2, 0.25) is 0 Å². The van der Waals surface area contributed by atoms with E-state index in [0.717, 1.165) is 22.7 Å². The Morgan fingerprint density at radius 3 is 2.33 bits per heavy atom. The van der Waals surface area contributed by atoms with E-state index in [1.165, 1.54) is 17.4 Å². The molecule has 2 rings (SSSR count). The Morgan fingerprint density at radius 2 is 1.89 bits per heavy atom. The number of anilines is 1. The minimum atomic E-state index is -4.37. The molecule has 0 radical (unpaired) electrons. The molecule has 96 valence electrons. The van der Waals surface area contributed by atoms with Gasteiger partial charge in [-0.2, -0.15) is 13.2 Å². The van der Waals surface area contributed by atoms with Crippen LogP contribution in [0.1, 0.15) is 16.1 Å². The molecule has 1 heterocycles. The van der Waals surface area contributed by atoms with Crippen molar-refractivity contribution >= 4 is 17.0 Å². The lowest BCUT2D eigenvalue weighted by atomic mass is 10.1. The SMILES string of the molecule is Cc1nc(-c2ccc(C(F)(F)F)cc2N)sc1C. The van der Waals surface area contributed by atoms with E-state index >= 15 is 0 Å². The molecule has 1 aromatic heterocycles. The minimum Gasteiger partial charge on any atom is -0.398 e. The molecular formula is C12H11F3N2S. The van der Waals surface area contributed by atoms with Gasteiger partial charge in [-0.05, 0) is 32.0 Å². The van der Waals surface area contributed by atoms with Crippen LogP contribution in [0.25, 0.3) is 10.6 Å². The third-order valence-corrected chi connectivity index (χ3v) is 3.74. The van der Waals surface area contributed by atoms with Crippen molar-refractivity contribution < 1.29 is 13.2 Å². The first-order valence-corrected chi connectivity index (χ1v) is 6.02. The molecule has 0 atom stereocenters. The Labute approximate surface area is 106 Å². The summed E-state index contributed by atoms with van der Waals surface area (Å²) < 4.78 is 37.5. The van der Waals surface area contributed by atoms with Gasteiger partial charge in [0.05, 0.1) is 11.3 Å². The number of nitrogen functional groups attached to an aromatic ring is 1. The fourth-order valence-electron chi connectivity index (χ4n) is 1.52. The van der Waals surface area contributed by atoms with Gasteiger partial charge in [0, 0.05) is 16.1 Å². The quantitative estimate of drug-likeness (QED) is 0.796. The van der Waals surface area contributed by atoms with E-state index in [9.17, 15) is 13.2 Å². The number of nitrogens with zero attached hydrogens (tertiary/aromatic N) is 1. The first-order chi connectivity index (χ1) is 8.29. The summed E-state index contributed by atoms with van der Waals surface area (Å²) in [6.07, 6.45) is -4.37. The molecule has 2 N–H and O–H groups in total. The smallest absolute Gasteiger partial charge is 0.398 e. The summed E-state index contributed by atoms with van der Waals surface area (Å²) in [5.41, 5.74) is 6.45. The number of aryl methyl sites for hydroxylation is 2. The number of benzene rings is 1. The van der Waals surface area contributed by atoms with E-state index < -0.39 is 11.7 Å². The molecule has 0 aliphatic rings. The van der Waals surface area contributed by atoms with E-state index in [2.05, 4.69) is 4.98 Å². The fourth-order valence-corrected chi connectivity index (χ4v) is 2.48. The van der Waals surface area contributed by atoms with E-state index in [1.54, 1.807) is 0 Å².